The van der Waals surface area contributed by atoms with Crippen LogP contribution in [0.5, 0.6) is 0 Å². The summed E-state index contributed by atoms with van der Waals surface area (Å²) >= 11 is 0. The van der Waals surface area contributed by atoms with Gasteiger partial charge in [0.2, 0.25) is 0 Å². The Labute approximate surface area is 81.1 Å². The van der Waals surface area contributed by atoms with Gasteiger partial charge in [0.1, 0.15) is 5.69 Å². The first-order valence-corrected chi connectivity index (χ1v) is 3.98. The maximum atomic E-state index is 10.5. The number of nitriles is 1. The Kier molecular flexibility index (Phi) is 3.39. The monoisotopic (exact) mass is 188 g/mol. The summed E-state index contributed by atoms with van der Waals surface area (Å²) in [6, 6.07) is 6.66. The molecular weight excluding hydrogens is 180 g/mol. The number of rotatable bonds is 3. The number of carboxylic acids is 1. The fraction of sp³-hybridized carbons (Fsp3) is 0.100. The molecule has 0 spiro atoms. The van der Waals surface area contributed by atoms with Crippen LogP contribution in [0.4, 0.5) is 0 Å². The van der Waals surface area contributed by atoms with Gasteiger partial charge in [-0.3, -0.25) is 0 Å². The van der Waals surface area contributed by atoms with Crippen LogP contribution in [0.15, 0.2) is 24.3 Å². The average Bonchev–Trinajstić information content (AvgIpc) is 2.19. The van der Waals surface area contributed by atoms with E-state index >= 15 is 0 Å². The zero-order valence-electron chi connectivity index (χ0n) is 7.34. The normalized spacial score (nSPS) is 9.93. The SMILES string of the molecule is N#CCC=Cc1cccc(C(=O)O)n1. The van der Waals surface area contributed by atoms with Crippen LogP contribution in [-0.4, -0.2) is 16.1 Å². The van der Waals surface area contributed by atoms with Gasteiger partial charge in [0.05, 0.1) is 18.2 Å². The van der Waals surface area contributed by atoms with Gasteiger partial charge in [0.15, 0.2) is 0 Å². The zero-order chi connectivity index (χ0) is 10.4. The highest BCUT2D eigenvalue weighted by Gasteiger charge is 2.02. The van der Waals surface area contributed by atoms with E-state index in [0.29, 0.717) is 12.1 Å². The lowest BCUT2D eigenvalue weighted by molar-refractivity contribution is 0.0690. The molecule has 70 valence electrons. The molecule has 0 aliphatic heterocycles. The predicted octanol–water partition coefficient (Wildman–Crippen LogP) is 1.71. The van der Waals surface area contributed by atoms with E-state index < -0.39 is 5.97 Å². The van der Waals surface area contributed by atoms with Crippen LogP contribution in [-0.2, 0) is 0 Å². The smallest absolute Gasteiger partial charge is 0.354 e. The summed E-state index contributed by atoms with van der Waals surface area (Å²) in [5, 5.41) is 16.9. The minimum atomic E-state index is -1.06. The molecule has 0 aliphatic carbocycles. The van der Waals surface area contributed by atoms with E-state index in [4.69, 9.17) is 10.4 Å². The molecule has 1 aromatic rings. The lowest BCUT2D eigenvalue weighted by atomic mass is 10.2. The van der Waals surface area contributed by atoms with Gasteiger partial charge < -0.3 is 5.11 Å². The van der Waals surface area contributed by atoms with Gasteiger partial charge in [0, 0.05) is 0 Å². The van der Waals surface area contributed by atoms with E-state index in [9.17, 15) is 4.79 Å². The topological polar surface area (TPSA) is 74.0 Å². The van der Waals surface area contributed by atoms with Gasteiger partial charge in [-0.15, -0.1) is 0 Å². The highest BCUT2D eigenvalue weighted by molar-refractivity contribution is 5.85. The van der Waals surface area contributed by atoms with Crippen LogP contribution in [0.25, 0.3) is 6.08 Å². The van der Waals surface area contributed by atoms with Crippen molar-refractivity contribution in [2.24, 2.45) is 0 Å². The van der Waals surface area contributed by atoms with Crippen LogP contribution in [0, 0.1) is 11.3 Å². The molecule has 0 fully saturated rings. The second kappa shape index (κ2) is 4.77. The van der Waals surface area contributed by atoms with E-state index in [2.05, 4.69) is 4.98 Å². The second-order valence-corrected chi connectivity index (χ2v) is 2.52. The summed E-state index contributed by atoms with van der Waals surface area (Å²) in [5.41, 5.74) is 0.546. The van der Waals surface area contributed by atoms with Crippen molar-refractivity contribution in [3.8, 4) is 6.07 Å². The molecule has 1 aromatic heterocycles. The van der Waals surface area contributed by atoms with Crippen molar-refractivity contribution in [2.75, 3.05) is 0 Å². The van der Waals surface area contributed by atoms with E-state index in [0.717, 1.165) is 0 Å². The summed E-state index contributed by atoms with van der Waals surface area (Å²) in [4.78, 5) is 14.4. The van der Waals surface area contributed by atoms with Crippen molar-refractivity contribution in [1.82, 2.24) is 4.98 Å². The lowest BCUT2D eigenvalue weighted by Gasteiger charge is -1.94. The van der Waals surface area contributed by atoms with Crippen molar-refractivity contribution in [1.29, 1.82) is 5.26 Å². The third-order valence-electron chi connectivity index (χ3n) is 1.49. The number of aromatic carboxylic acids is 1. The molecule has 4 heteroatoms. The minimum Gasteiger partial charge on any atom is -0.477 e. The van der Waals surface area contributed by atoms with Crippen molar-refractivity contribution < 1.29 is 9.90 Å². The van der Waals surface area contributed by atoms with Gasteiger partial charge >= 0.3 is 5.97 Å². The molecule has 4 nitrogen and oxygen atoms in total. The number of hydrogen-bond donors (Lipinski definition) is 1. The molecule has 0 radical (unpaired) electrons. The van der Waals surface area contributed by atoms with Gasteiger partial charge in [-0.2, -0.15) is 5.26 Å². The van der Waals surface area contributed by atoms with E-state index in [-0.39, 0.29) is 5.69 Å². The number of allylic oxidation sites excluding steroid dienone is 1. The highest BCUT2D eigenvalue weighted by Crippen LogP contribution is 2.02. The molecule has 1 heterocycles. The molecular formula is C10H8N2O2. The van der Waals surface area contributed by atoms with Crippen LogP contribution in [0.1, 0.15) is 22.6 Å². The molecule has 0 saturated carbocycles. The number of pyridine rings is 1. The summed E-state index contributed by atoms with van der Waals surface area (Å²) in [6.07, 6.45) is 3.54. The third kappa shape index (κ3) is 2.72. The van der Waals surface area contributed by atoms with Crippen molar-refractivity contribution >= 4 is 12.0 Å². The van der Waals surface area contributed by atoms with E-state index in [1.54, 1.807) is 24.3 Å². The molecule has 0 aliphatic rings. The Bertz CT molecular complexity index is 405. The first-order valence-electron chi connectivity index (χ1n) is 3.98. The van der Waals surface area contributed by atoms with E-state index in [1.165, 1.54) is 6.07 Å². The minimum absolute atomic E-state index is 0.00380. The standard InChI is InChI=1S/C10H8N2O2/c11-7-2-1-4-8-5-3-6-9(12-8)10(13)14/h1,3-6H,2H2,(H,13,14). The number of nitrogens with zero attached hydrogens (tertiary/aromatic N) is 2. The molecule has 1 rings (SSSR count). The van der Waals surface area contributed by atoms with Crippen LogP contribution >= 0.6 is 0 Å². The molecule has 0 unspecified atom stereocenters. The number of aromatic nitrogens is 1. The largest absolute Gasteiger partial charge is 0.477 e. The number of hydrogen-bond acceptors (Lipinski definition) is 3. The Morgan fingerprint density at radius 1 is 1.64 bits per heavy atom. The van der Waals surface area contributed by atoms with Crippen molar-refractivity contribution in [3.63, 3.8) is 0 Å². The van der Waals surface area contributed by atoms with Crippen LogP contribution in [0.2, 0.25) is 0 Å². The van der Waals surface area contributed by atoms with Crippen molar-refractivity contribution in [3.05, 3.63) is 35.7 Å². The van der Waals surface area contributed by atoms with E-state index in [1.807, 2.05) is 6.07 Å². The Hall–Kier alpha value is -2.15. The molecule has 14 heavy (non-hydrogen) atoms. The Morgan fingerprint density at radius 2 is 2.43 bits per heavy atom. The van der Waals surface area contributed by atoms with Crippen molar-refractivity contribution in [2.45, 2.75) is 6.42 Å². The molecule has 0 saturated heterocycles. The Balaban J connectivity index is 2.85. The average molecular weight is 188 g/mol. The number of carbonyl (C=O) groups is 1. The first-order chi connectivity index (χ1) is 6.74. The summed E-state index contributed by atoms with van der Waals surface area (Å²) in [7, 11) is 0. The predicted molar refractivity (Wildman–Crippen MR) is 50.5 cm³/mol. The third-order valence-corrected chi connectivity index (χ3v) is 1.49. The molecule has 0 bridgehead atoms. The van der Waals surface area contributed by atoms with Crippen LogP contribution < -0.4 is 0 Å². The molecule has 0 aromatic carbocycles. The van der Waals surface area contributed by atoms with Gasteiger partial charge in [-0.05, 0) is 18.2 Å². The quantitative estimate of drug-likeness (QED) is 0.783. The summed E-state index contributed by atoms with van der Waals surface area (Å²) in [6.45, 7) is 0. The van der Waals surface area contributed by atoms with Gasteiger partial charge in [-0.1, -0.05) is 12.1 Å². The first kappa shape index (κ1) is 9.93. The summed E-state index contributed by atoms with van der Waals surface area (Å²) < 4.78 is 0. The highest BCUT2D eigenvalue weighted by atomic mass is 16.4. The van der Waals surface area contributed by atoms with Gasteiger partial charge in [0.25, 0.3) is 0 Å². The zero-order valence-corrected chi connectivity index (χ0v) is 7.34. The maximum Gasteiger partial charge on any atom is 0.354 e. The number of carboxylic acid groups (broad SMARTS) is 1. The summed E-state index contributed by atoms with van der Waals surface area (Å²) in [5.74, 6) is -1.06. The molecule has 0 atom stereocenters. The second-order valence-electron chi connectivity index (χ2n) is 2.52. The van der Waals surface area contributed by atoms with Crippen LogP contribution in [0.3, 0.4) is 0 Å². The fourth-order valence-electron chi connectivity index (χ4n) is 0.896. The lowest BCUT2D eigenvalue weighted by Crippen LogP contribution is -2.00. The van der Waals surface area contributed by atoms with Gasteiger partial charge in [-0.25, -0.2) is 9.78 Å². The molecule has 1 N–H and O–H groups in total. The fourth-order valence-corrected chi connectivity index (χ4v) is 0.896. The Morgan fingerprint density at radius 3 is 3.07 bits per heavy atom. The molecule has 0 amide bonds. The maximum absolute atomic E-state index is 10.5.